The molecule has 0 amide bonds. The molecule has 0 spiro atoms. The average molecular weight is 517 g/mol. The first-order valence-corrected chi connectivity index (χ1v) is 14.2. The van der Waals surface area contributed by atoms with Gasteiger partial charge in [0.25, 0.3) is 0 Å². The highest BCUT2D eigenvalue weighted by molar-refractivity contribution is 6.29. The second-order valence-corrected chi connectivity index (χ2v) is 10.6. The van der Waals surface area contributed by atoms with Crippen LogP contribution < -0.4 is 10.6 Å². The van der Waals surface area contributed by atoms with E-state index < -0.39 is 0 Å². The fraction of sp³-hybridized carbons (Fsp3) is 0.105. The Hall–Kier alpha value is -4.82. The summed E-state index contributed by atoms with van der Waals surface area (Å²) in [7, 11) is 0. The Bertz CT molecular complexity index is 1940. The van der Waals surface area contributed by atoms with Crippen molar-refractivity contribution in [2.45, 2.75) is 26.7 Å². The van der Waals surface area contributed by atoms with Crippen LogP contribution in [-0.4, -0.2) is 0 Å². The van der Waals surface area contributed by atoms with E-state index in [9.17, 15) is 0 Å². The van der Waals surface area contributed by atoms with E-state index in [0.717, 1.165) is 35.6 Å². The maximum Gasteiger partial charge on any atom is 0.0544 e. The van der Waals surface area contributed by atoms with Crippen LogP contribution >= 0.6 is 0 Å². The molecule has 0 atom stereocenters. The van der Waals surface area contributed by atoms with Crippen LogP contribution in [-0.2, 0) is 12.8 Å². The minimum absolute atomic E-state index is 1.04. The van der Waals surface area contributed by atoms with E-state index in [1.165, 1.54) is 54.6 Å². The molecule has 0 aromatic heterocycles. The van der Waals surface area contributed by atoms with Crippen LogP contribution in [0.15, 0.2) is 121 Å². The minimum atomic E-state index is 1.04. The van der Waals surface area contributed by atoms with Crippen LogP contribution in [0, 0.1) is 0 Å². The van der Waals surface area contributed by atoms with E-state index in [0.29, 0.717) is 0 Å². The largest absolute Gasteiger partial charge is 0.355 e. The lowest BCUT2D eigenvalue weighted by atomic mass is 9.89. The molecule has 0 unspecified atom stereocenters. The topological polar surface area (TPSA) is 24.1 Å². The van der Waals surface area contributed by atoms with Gasteiger partial charge in [0.1, 0.15) is 0 Å². The van der Waals surface area contributed by atoms with Crippen molar-refractivity contribution in [2.75, 3.05) is 10.6 Å². The second kappa shape index (κ2) is 10.1. The number of aryl methyl sites for hydroxylation is 2. The fourth-order valence-electron chi connectivity index (χ4n) is 5.91. The Morgan fingerprint density at radius 3 is 1.75 bits per heavy atom. The van der Waals surface area contributed by atoms with Gasteiger partial charge in [0.15, 0.2) is 0 Å². The van der Waals surface area contributed by atoms with Gasteiger partial charge in [0, 0.05) is 33.4 Å². The van der Waals surface area contributed by atoms with Crippen LogP contribution in [0.3, 0.4) is 0 Å². The standard InChI is InChI=1S/C38H32N2/c1-3-25-10-17-30(18-11-25)39-35-23-16-28-14-22-33-37-29(15-21-32(35)36(28)37)24-34(27-8-6-5-7-9-27)38(33)40-31-19-12-26(4-2)13-20-31/h5-24,39-40H,3-4H2,1-2H3. The number of hydrogen-bond donors (Lipinski definition) is 2. The summed E-state index contributed by atoms with van der Waals surface area (Å²) in [4.78, 5) is 0. The number of hydrogen-bond acceptors (Lipinski definition) is 2. The summed E-state index contributed by atoms with van der Waals surface area (Å²) < 4.78 is 0. The van der Waals surface area contributed by atoms with E-state index in [4.69, 9.17) is 0 Å². The Morgan fingerprint density at radius 2 is 1.07 bits per heavy atom. The van der Waals surface area contributed by atoms with Gasteiger partial charge >= 0.3 is 0 Å². The summed E-state index contributed by atoms with van der Waals surface area (Å²) in [5, 5.41) is 15.1. The molecule has 40 heavy (non-hydrogen) atoms. The van der Waals surface area contributed by atoms with Crippen LogP contribution in [0.5, 0.6) is 0 Å². The zero-order valence-corrected chi connectivity index (χ0v) is 23.0. The normalized spacial score (nSPS) is 11.4. The molecule has 0 aliphatic rings. The van der Waals surface area contributed by atoms with Gasteiger partial charge in [-0.2, -0.15) is 0 Å². The number of nitrogens with one attached hydrogen (secondary N) is 2. The monoisotopic (exact) mass is 516 g/mol. The average Bonchev–Trinajstić information content (AvgIpc) is 3.02. The van der Waals surface area contributed by atoms with Gasteiger partial charge in [-0.3, -0.25) is 0 Å². The molecule has 0 fully saturated rings. The molecule has 0 aliphatic carbocycles. The Morgan fingerprint density at radius 1 is 0.500 bits per heavy atom. The smallest absolute Gasteiger partial charge is 0.0544 e. The molecule has 0 aliphatic heterocycles. The lowest BCUT2D eigenvalue weighted by Crippen LogP contribution is -1.98. The zero-order valence-electron chi connectivity index (χ0n) is 23.0. The van der Waals surface area contributed by atoms with E-state index in [2.05, 4.69) is 146 Å². The van der Waals surface area contributed by atoms with E-state index >= 15 is 0 Å². The molecule has 0 radical (unpaired) electrons. The lowest BCUT2D eigenvalue weighted by Gasteiger charge is -2.21. The Balaban J connectivity index is 1.44. The maximum absolute atomic E-state index is 3.83. The van der Waals surface area contributed by atoms with Crippen LogP contribution in [0.2, 0.25) is 0 Å². The van der Waals surface area contributed by atoms with Crippen LogP contribution in [0.1, 0.15) is 25.0 Å². The van der Waals surface area contributed by atoms with Crippen LogP contribution in [0.25, 0.3) is 43.4 Å². The molecule has 194 valence electrons. The zero-order chi connectivity index (χ0) is 27.1. The quantitative estimate of drug-likeness (QED) is 0.206. The molecular weight excluding hydrogens is 484 g/mol. The molecule has 7 aromatic rings. The molecular formula is C38H32N2. The molecule has 2 heteroatoms. The van der Waals surface area contributed by atoms with Gasteiger partial charge in [-0.15, -0.1) is 0 Å². The van der Waals surface area contributed by atoms with Gasteiger partial charge in [-0.05, 0) is 87.5 Å². The van der Waals surface area contributed by atoms with Gasteiger partial charge < -0.3 is 10.6 Å². The predicted molar refractivity (Wildman–Crippen MR) is 174 cm³/mol. The first kappa shape index (κ1) is 24.2. The van der Waals surface area contributed by atoms with E-state index in [1.54, 1.807) is 0 Å². The molecule has 2 N–H and O–H groups in total. The van der Waals surface area contributed by atoms with Crippen molar-refractivity contribution in [1.82, 2.24) is 0 Å². The third-order valence-corrected chi connectivity index (χ3v) is 8.14. The molecule has 7 aromatic carbocycles. The van der Waals surface area contributed by atoms with Crippen molar-refractivity contribution in [3.63, 3.8) is 0 Å². The number of benzene rings is 7. The van der Waals surface area contributed by atoms with E-state index in [-0.39, 0.29) is 0 Å². The molecule has 0 saturated heterocycles. The van der Waals surface area contributed by atoms with Crippen molar-refractivity contribution >= 4 is 55.1 Å². The van der Waals surface area contributed by atoms with Crippen molar-refractivity contribution in [2.24, 2.45) is 0 Å². The summed E-state index contributed by atoms with van der Waals surface area (Å²) >= 11 is 0. The highest BCUT2D eigenvalue weighted by Gasteiger charge is 2.17. The van der Waals surface area contributed by atoms with E-state index in [1.807, 2.05) is 0 Å². The highest BCUT2D eigenvalue weighted by atomic mass is 14.9. The van der Waals surface area contributed by atoms with Crippen molar-refractivity contribution in [1.29, 1.82) is 0 Å². The SMILES string of the molecule is CCc1ccc(Nc2ccc3ccc4c(Nc5ccc(CC)cc5)c(-c5ccccc5)cc5ccc2c3c54)cc1. The molecule has 0 bridgehead atoms. The summed E-state index contributed by atoms with van der Waals surface area (Å²) in [6.07, 6.45) is 2.08. The highest BCUT2D eigenvalue weighted by Crippen LogP contribution is 2.45. The summed E-state index contributed by atoms with van der Waals surface area (Å²) in [6.45, 7) is 4.39. The lowest BCUT2D eigenvalue weighted by molar-refractivity contribution is 1.14. The van der Waals surface area contributed by atoms with Gasteiger partial charge in [0.05, 0.1) is 5.69 Å². The molecule has 2 nitrogen and oxygen atoms in total. The minimum Gasteiger partial charge on any atom is -0.355 e. The Kier molecular flexibility index (Phi) is 6.09. The third kappa shape index (κ3) is 4.23. The Labute approximate surface area is 235 Å². The van der Waals surface area contributed by atoms with Gasteiger partial charge in [-0.25, -0.2) is 0 Å². The summed E-state index contributed by atoms with van der Waals surface area (Å²) in [6, 6.07) is 44.2. The first-order chi connectivity index (χ1) is 19.7. The van der Waals surface area contributed by atoms with Crippen molar-refractivity contribution in [3.05, 3.63) is 132 Å². The summed E-state index contributed by atoms with van der Waals surface area (Å²) in [5.74, 6) is 0. The van der Waals surface area contributed by atoms with Gasteiger partial charge in [0.2, 0.25) is 0 Å². The molecule has 0 heterocycles. The number of rotatable bonds is 7. The maximum atomic E-state index is 3.83. The van der Waals surface area contributed by atoms with Crippen molar-refractivity contribution in [3.8, 4) is 11.1 Å². The molecule has 0 saturated carbocycles. The van der Waals surface area contributed by atoms with Gasteiger partial charge in [-0.1, -0.05) is 98.8 Å². The fourth-order valence-corrected chi connectivity index (χ4v) is 5.91. The van der Waals surface area contributed by atoms with Crippen molar-refractivity contribution < 1.29 is 0 Å². The number of anilines is 4. The van der Waals surface area contributed by atoms with Crippen LogP contribution in [0.4, 0.5) is 22.7 Å². The third-order valence-electron chi connectivity index (χ3n) is 8.14. The first-order valence-electron chi connectivity index (χ1n) is 14.2. The second-order valence-electron chi connectivity index (χ2n) is 10.6. The summed E-state index contributed by atoms with van der Waals surface area (Å²) in [5.41, 5.74) is 9.58. The predicted octanol–water partition coefficient (Wildman–Crippen LogP) is 10.9. The molecule has 7 rings (SSSR count).